The summed E-state index contributed by atoms with van der Waals surface area (Å²) < 4.78 is 0. The van der Waals surface area contributed by atoms with Crippen LogP contribution in [0.2, 0.25) is 0 Å². The zero-order valence-corrected chi connectivity index (χ0v) is 15.6. The molecule has 2 heterocycles. The summed E-state index contributed by atoms with van der Waals surface area (Å²) in [6, 6.07) is 14.5. The predicted molar refractivity (Wildman–Crippen MR) is 109 cm³/mol. The van der Waals surface area contributed by atoms with E-state index in [1.54, 1.807) is 11.0 Å². The number of amides is 2. The first-order valence-electron chi connectivity index (χ1n) is 9.32. The second-order valence-corrected chi connectivity index (χ2v) is 7.09. The first-order valence-corrected chi connectivity index (χ1v) is 9.32. The van der Waals surface area contributed by atoms with Gasteiger partial charge in [0.1, 0.15) is 0 Å². The fourth-order valence-electron chi connectivity index (χ4n) is 3.55. The second kappa shape index (κ2) is 7.31. The number of pyridine rings is 1. The number of carbonyl (C=O) groups is 2. The van der Waals surface area contributed by atoms with Crippen molar-refractivity contribution in [3.8, 4) is 0 Å². The topological polar surface area (TPSA) is 82.3 Å². The van der Waals surface area contributed by atoms with Gasteiger partial charge >= 0.3 is 0 Å². The van der Waals surface area contributed by atoms with Crippen LogP contribution in [0.3, 0.4) is 0 Å². The molecule has 1 saturated heterocycles. The fraction of sp³-hybridized carbons (Fsp3) is 0.227. The SMILES string of the molecule is Cc1ccc2[nH]c(=O)cc(C(=O)NCc3ccc(N4CCCC4=O)cc3)c2c1. The van der Waals surface area contributed by atoms with E-state index >= 15 is 0 Å². The summed E-state index contributed by atoms with van der Waals surface area (Å²) in [5.74, 6) is -0.141. The Labute approximate surface area is 162 Å². The summed E-state index contributed by atoms with van der Waals surface area (Å²) >= 11 is 0. The number of nitrogens with zero attached hydrogens (tertiary/aromatic N) is 1. The van der Waals surface area contributed by atoms with Gasteiger partial charge < -0.3 is 15.2 Å². The van der Waals surface area contributed by atoms with Crippen molar-refractivity contribution in [2.45, 2.75) is 26.3 Å². The average Bonchev–Trinajstić information content (AvgIpc) is 3.12. The van der Waals surface area contributed by atoms with E-state index in [1.165, 1.54) is 6.07 Å². The molecule has 2 aromatic carbocycles. The van der Waals surface area contributed by atoms with Crippen molar-refractivity contribution in [1.82, 2.24) is 10.3 Å². The number of rotatable bonds is 4. The van der Waals surface area contributed by atoms with Crippen LogP contribution in [0.5, 0.6) is 0 Å². The minimum atomic E-state index is -0.305. The van der Waals surface area contributed by atoms with Gasteiger partial charge in [-0.05, 0) is 43.2 Å². The lowest BCUT2D eigenvalue weighted by atomic mass is 10.1. The molecule has 142 valence electrons. The minimum Gasteiger partial charge on any atom is -0.348 e. The van der Waals surface area contributed by atoms with Gasteiger partial charge in [-0.15, -0.1) is 0 Å². The van der Waals surface area contributed by atoms with Gasteiger partial charge in [0.15, 0.2) is 0 Å². The Morgan fingerprint density at radius 1 is 1.11 bits per heavy atom. The predicted octanol–water partition coefficient (Wildman–Crippen LogP) is 2.89. The highest BCUT2D eigenvalue weighted by atomic mass is 16.2. The Hall–Kier alpha value is -3.41. The largest absolute Gasteiger partial charge is 0.348 e. The van der Waals surface area contributed by atoms with Crippen molar-refractivity contribution in [2.24, 2.45) is 0 Å². The van der Waals surface area contributed by atoms with E-state index < -0.39 is 0 Å². The van der Waals surface area contributed by atoms with E-state index in [4.69, 9.17) is 0 Å². The molecule has 0 aliphatic carbocycles. The van der Waals surface area contributed by atoms with Gasteiger partial charge in [0.05, 0.1) is 5.56 Å². The first-order chi connectivity index (χ1) is 13.5. The lowest BCUT2D eigenvalue weighted by molar-refractivity contribution is -0.117. The monoisotopic (exact) mass is 375 g/mol. The molecule has 0 bridgehead atoms. The molecule has 28 heavy (non-hydrogen) atoms. The Bertz CT molecular complexity index is 1120. The summed E-state index contributed by atoms with van der Waals surface area (Å²) in [4.78, 5) is 41.0. The van der Waals surface area contributed by atoms with Crippen molar-refractivity contribution in [3.05, 3.63) is 75.6 Å². The van der Waals surface area contributed by atoms with E-state index in [2.05, 4.69) is 10.3 Å². The number of aromatic amines is 1. The van der Waals surface area contributed by atoms with Crippen molar-refractivity contribution >= 4 is 28.4 Å². The third-order valence-corrected chi connectivity index (χ3v) is 5.02. The summed E-state index contributed by atoms with van der Waals surface area (Å²) in [7, 11) is 0. The van der Waals surface area contributed by atoms with Gasteiger partial charge in [0.2, 0.25) is 11.5 Å². The molecule has 2 amide bonds. The average molecular weight is 375 g/mol. The molecule has 6 nitrogen and oxygen atoms in total. The van der Waals surface area contributed by atoms with Crippen LogP contribution in [0.15, 0.2) is 53.3 Å². The van der Waals surface area contributed by atoms with Crippen molar-refractivity contribution in [1.29, 1.82) is 0 Å². The van der Waals surface area contributed by atoms with Crippen LogP contribution >= 0.6 is 0 Å². The molecule has 6 heteroatoms. The fourth-order valence-corrected chi connectivity index (χ4v) is 3.55. The van der Waals surface area contributed by atoms with Gasteiger partial charge in [0.25, 0.3) is 5.91 Å². The number of fused-ring (bicyclic) bond motifs is 1. The number of anilines is 1. The summed E-state index contributed by atoms with van der Waals surface area (Å²) in [5.41, 5.74) is 3.52. The molecule has 0 spiro atoms. The molecule has 0 radical (unpaired) electrons. The van der Waals surface area contributed by atoms with Crippen LogP contribution in [-0.4, -0.2) is 23.3 Å². The number of aromatic nitrogens is 1. The Balaban J connectivity index is 1.50. The second-order valence-electron chi connectivity index (χ2n) is 7.09. The minimum absolute atomic E-state index is 0.150. The standard InChI is InChI=1S/C22H21N3O3/c1-14-4-9-19-17(11-14)18(12-20(26)24-19)22(28)23-13-15-5-7-16(8-6-15)25-10-2-3-21(25)27/h4-9,11-12H,2-3,10,13H2,1H3,(H,23,28)(H,24,26). The molecule has 1 aliphatic heterocycles. The first kappa shape index (κ1) is 18.0. The molecule has 2 N–H and O–H groups in total. The highest BCUT2D eigenvalue weighted by Crippen LogP contribution is 2.22. The van der Waals surface area contributed by atoms with E-state index in [0.29, 0.717) is 24.0 Å². The maximum atomic E-state index is 12.7. The number of hydrogen-bond acceptors (Lipinski definition) is 3. The number of aryl methyl sites for hydroxylation is 1. The molecule has 1 aliphatic rings. The molecule has 1 fully saturated rings. The van der Waals surface area contributed by atoms with Crippen molar-refractivity contribution < 1.29 is 9.59 Å². The summed E-state index contributed by atoms with van der Waals surface area (Å²) in [5, 5.41) is 3.60. The van der Waals surface area contributed by atoms with Crippen LogP contribution in [0.25, 0.3) is 10.9 Å². The number of H-pyrrole nitrogens is 1. The number of hydrogen-bond donors (Lipinski definition) is 2. The van der Waals surface area contributed by atoms with Crippen LogP contribution < -0.4 is 15.8 Å². The molecule has 4 rings (SSSR count). The van der Waals surface area contributed by atoms with Crippen LogP contribution in [0.1, 0.15) is 34.3 Å². The zero-order valence-electron chi connectivity index (χ0n) is 15.6. The molecule has 0 saturated carbocycles. The van der Waals surface area contributed by atoms with Crippen molar-refractivity contribution in [2.75, 3.05) is 11.4 Å². The molecule has 0 unspecified atom stereocenters. The van der Waals surface area contributed by atoms with Gasteiger partial charge in [-0.3, -0.25) is 14.4 Å². The normalized spacial score (nSPS) is 13.9. The maximum absolute atomic E-state index is 12.7. The Kier molecular flexibility index (Phi) is 4.69. The lowest BCUT2D eigenvalue weighted by Crippen LogP contribution is -2.25. The van der Waals surface area contributed by atoms with E-state index in [0.717, 1.165) is 35.2 Å². The zero-order chi connectivity index (χ0) is 19.7. The third-order valence-electron chi connectivity index (χ3n) is 5.02. The van der Waals surface area contributed by atoms with Gasteiger partial charge in [-0.2, -0.15) is 0 Å². The van der Waals surface area contributed by atoms with Crippen LogP contribution in [0, 0.1) is 6.92 Å². The van der Waals surface area contributed by atoms with Crippen molar-refractivity contribution in [3.63, 3.8) is 0 Å². The maximum Gasteiger partial charge on any atom is 0.252 e. The summed E-state index contributed by atoms with van der Waals surface area (Å²) in [6.07, 6.45) is 1.49. The number of nitrogens with one attached hydrogen (secondary N) is 2. The quantitative estimate of drug-likeness (QED) is 0.736. The van der Waals surface area contributed by atoms with Crippen LogP contribution in [0.4, 0.5) is 5.69 Å². The molecule has 3 aromatic rings. The van der Waals surface area contributed by atoms with Gasteiger partial charge in [0, 0.05) is 42.2 Å². The lowest BCUT2D eigenvalue weighted by Gasteiger charge is -2.16. The van der Waals surface area contributed by atoms with E-state index in [9.17, 15) is 14.4 Å². The molecular formula is C22H21N3O3. The number of benzene rings is 2. The van der Waals surface area contributed by atoms with Gasteiger partial charge in [-0.1, -0.05) is 23.8 Å². The summed E-state index contributed by atoms with van der Waals surface area (Å²) in [6.45, 7) is 3.04. The smallest absolute Gasteiger partial charge is 0.252 e. The van der Waals surface area contributed by atoms with E-state index in [1.807, 2.05) is 43.3 Å². The molecular weight excluding hydrogens is 354 g/mol. The number of carbonyl (C=O) groups excluding carboxylic acids is 2. The van der Waals surface area contributed by atoms with Crippen LogP contribution in [-0.2, 0) is 11.3 Å². The Morgan fingerprint density at radius 2 is 1.89 bits per heavy atom. The highest BCUT2D eigenvalue weighted by molar-refractivity contribution is 6.06. The third kappa shape index (κ3) is 3.53. The molecule has 0 atom stereocenters. The van der Waals surface area contributed by atoms with E-state index in [-0.39, 0.29) is 17.4 Å². The highest BCUT2D eigenvalue weighted by Gasteiger charge is 2.21. The molecule has 1 aromatic heterocycles. The Morgan fingerprint density at radius 3 is 2.61 bits per heavy atom. The van der Waals surface area contributed by atoms with Gasteiger partial charge in [-0.25, -0.2) is 0 Å².